The van der Waals surface area contributed by atoms with Gasteiger partial charge in [-0.25, -0.2) is 0 Å². The second kappa shape index (κ2) is 5.67. The van der Waals surface area contributed by atoms with Crippen molar-refractivity contribution in [2.24, 2.45) is 0 Å². The first kappa shape index (κ1) is 13.8. The molecule has 21 heavy (non-hydrogen) atoms. The molecule has 0 bridgehead atoms. The van der Waals surface area contributed by atoms with E-state index in [-0.39, 0.29) is 6.04 Å². The Labute approximate surface area is 129 Å². The number of nitrogens with zero attached hydrogens (tertiary/aromatic N) is 1. The third-order valence-corrected chi connectivity index (χ3v) is 4.22. The van der Waals surface area contributed by atoms with E-state index in [2.05, 4.69) is 23.5 Å². The Kier molecular flexibility index (Phi) is 3.72. The summed E-state index contributed by atoms with van der Waals surface area (Å²) in [5, 5.41) is 12.9. The van der Waals surface area contributed by atoms with Crippen molar-refractivity contribution in [3.63, 3.8) is 0 Å². The molecule has 2 aromatic rings. The summed E-state index contributed by atoms with van der Waals surface area (Å²) in [6.45, 7) is 0. The minimum Gasteiger partial charge on any atom is -0.399 e. The van der Waals surface area contributed by atoms with Crippen LogP contribution >= 0.6 is 11.6 Å². The number of hydrogen-bond donors (Lipinski definition) is 2. The third-order valence-electron chi connectivity index (χ3n) is 3.91. The molecule has 1 aliphatic carbocycles. The van der Waals surface area contributed by atoms with Gasteiger partial charge in [-0.1, -0.05) is 17.7 Å². The fourth-order valence-electron chi connectivity index (χ4n) is 2.88. The lowest BCUT2D eigenvalue weighted by Gasteiger charge is -2.27. The van der Waals surface area contributed by atoms with E-state index in [1.54, 1.807) is 6.07 Å². The van der Waals surface area contributed by atoms with Crippen LogP contribution in [0, 0.1) is 11.3 Å². The normalized spacial score (nSPS) is 16.9. The molecule has 3 rings (SSSR count). The zero-order chi connectivity index (χ0) is 14.8. The molecule has 0 fully saturated rings. The van der Waals surface area contributed by atoms with Gasteiger partial charge in [-0.2, -0.15) is 5.26 Å². The monoisotopic (exact) mass is 297 g/mol. The first-order valence-electron chi connectivity index (χ1n) is 7.02. The quantitative estimate of drug-likeness (QED) is 0.813. The van der Waals surface area contributed by atoms with E-state index >= 15 is 0 Å². The summed E-state index contributed by atoms with van der Waals surface area (Å²) >= 11 is 6.09. The summed E-state index contributed by atoms with van der Waals surface area (Å²) in [4.78, 5) is 0. The molecule has 0 aliphatic heterocycles. The number of fused-ring (bicyclic) bond motifs is 1. The molecule has 0 amide bonds. The zero-order valence-electron chi connectivity index (χ0n) is 11.6. The topological polar surface area (TPSA) is 61.8 Å². The molecule has 106 valence electrons. The Hall–Kier alpha value is -2.18. The number of hydrogen-bond acceptors (Lipinski definition) is 3. The van der Waals surface area contributed by atoms with Crippen LogP contribution in [0.2, 0.25) is 5.02 Å². The standard InChI is InChI=1S/C17H16ClN3/c18-16-9-14(6-4-12(16)10-19)21-17-3-1-2-11-8-13(20)5-7-15(11)17/h4-9,17,21H,1-3,20H2. The van der Waals surface area contributed by atoms with Gasteiger partial charge in [-0.3, -0.25) is 0 Å². The van der Waals surface area contributed by atoms with Crippen molar-refractivity contribution >= 4 is 23.0 Å². The predicted molar refractivity (Wildman–Crippen MR) is 86.3 cm³/mol. The molecule has 1 atom stereocenters. The number of aryl methyl sites for hydroxylation is 1. The number of nitrogen functional groups attached to an aromatic ring is 1. The summed E-state index contributed by atoms with van der Waals surface area (Å²) in [7, 11) is 0. The van der Waals surface area contributed by atoms with E-state index in [0.717, 1.165) is 30.6 Å². The van der Waals surface area contributed by atoms with Gasteiger partial charge in [0.1, 0.15) is 6.07 Å². The van der Waals surface area contributed by atoms with Crippen LogP contribution in [0.4, 0.5) is 11.4 Å². The van der Waals surface area contributed by atoms with E-state index in [0.29, 0.717) is 10.6 Å². The highest BCUT2D eigenvalue weighted by molar-refractivity contribution is 6.32. The van der Waals surface area contributed by atoms with Gasteiger partial charge in [-0.15, -0.1) is 0 Å². The van der Waals surface area contributed by atoms with Crippen LogP contribution in [0.1, 0.15) is 35.6 Å². The second-order valence-corrected chi connectivity index (χ2v) is 5.76. The van der Waals surface area contributed by atoms with E-state index in [4.69, 9.17) is 22.6 Å². The van der Waals surface area contributed by atoms with Crippen molar-refractivity contribution in [1.29, 1.82) is 5.26 Å². The first-order valence-corrected chi connectivity index (χ1v) is 7.39. The van der Waals surface area contributed by atoms with E-state index in [9.17, 15) is 0 Å². The largest absolute Gasteiger partial charge is 0.399 e. The Balaban J connectivity index is 1.87. The highest BCUT2D eigenvalue weighted by Gasteiger charge is 2.20. The molecule has 1 aliphatic rings. The SMILES string of the molecule is N#Cc1ccc(NC2CCCc3cc(N)ccc32)cc1Cl. The Bertz CT molecular complexity index is 718. The highest BCUT2D eigenvalue weighted by Crippen LogP contribution is 2.34. The van der Waals surface area contributed by atoms with Crippen molar-refractivity contribution in [2.75, 3.05) is 11.1 Å². The first-order chi connectivity index (χ1) is 10.2. The second-order valence-electron chi connectivity index (χ2n) is 5.35. The molecule has 0 aromatic heterocycles. The van der Waals surface area contributed by atoms with E-state index in [1.165, 1.54) is 11.1 Å². The van der Waals surface area contributed by atoms with Gasteiger partial charge in [0.05, 0.1) is 16.6 Å². The molecule has 4 heteroatoms. The van der Waals surface area contributed by atoms with Gasteiger partial charge < -0.3 is 11.1 Å². The summed E-state index contributed by atoms with van der Waals surface area (Å²) < 4.78 is 0. The molecule has 0 radical (unpaired) electrons. The van der Waals surface area contributed by atoms with Crippen LogP contribution in [-0.2, 0) is 6.42 Å². The van der Waals surface area contributed by atoms with Crippen LogP contribution < -0.4 is 11.1 Å². The molecule has 0 spiro atoms. The average molecular weight is 298 g/mol. The van der Waals surface area contributed by atoms with E-state index in [1.807, 2.05) is 18.2 Å². The smallest absolute Gasteiger partial charge is 0.101 e. The van der Waals surface area contributed by atoms with Crippen molar-refractivity contribution in [3.05, 3.63) is 58.1 Å². The molecule has 3 nitrogen and oxygen atoms in total. The van der Waals surface area contributed by atoms with Crippen LogP contribution in [-0.4, -0.2) is 0 Å². The summed E-state index contributed by atoms with van der Waals surface area (Å²) in [5.41, 5.74) is 10.7. The molecule has 1 unspecified atom stereocenters. The number of rotatable bonds is 2. The molecular formula is C17H16ClN3. The molecular weight excluding hydrogens is 282 g/mol. The Morgan fingerprint density at radius 1 is 1.24 bits per heavy atom. The van der Waals surface area contributed by atoms with Gasteiger partial charge in [-0.05, 0) is 60.7 Å². The van der Waals surface area contributed by atoms with E-state index < -0.39 is 0 Å². The number of nitrogens with two attached hydrogens (primary N) is 1. The van der Waals surface area contributed by atoms with Crippen molar-refractivity contribution < 1.29 is 0 Å². The molecule has 0 saturated carbocycles. The maximum Gasteiger partial charge on any atom is 0.101 e. The molecule has 0 heterocycles. The zero-order valence-corrected chi connectivity index (χ0v) is 12.3. The number of benzene rings is 2. The van der Waals surface area contributed by atoms with Gasteiger partial charge >= 0.3 is 0 Å². The van der Waals surface area contributed by atoms with Crippen molar-refractivity contribution in [3.8, 4) is 6.07 Å². The summed E-state index contributed by atoms with van der Waals surface area (Å²) in [5.74, 6) is 0. The molecule has 3 N–H and O–H groups in total. The number of halogens is 1. The maximum absolute atomic E-state index is 8.92. The lowest BCUT2D eigenvalue weighted by Crippen LogP contribution is -2.17. The lowest BCUT2D eigenvalue weighted by molar-refractivity contribution is 0.600. The summed E-state index contributed by atoms with van der Waals surface area (Å²) in [6.07, 6.45) is 3.29. The van der Waals surface area contributed by atoms with Gasteiger partial charge in [0.15, 0.2) is 0 Å². The van der Waals surface area contributed by atoms with Crippen LogP contribution in [0.3, 0.4) is 0 Å². The lowest BCUT2D eigenvalue weighted by atomic mass is 9.87. The number of nitrogens with one attached hydrogen (secondary N) is 1. The van der Waals surface area contributed by atoms with Crippen LogP contribution in [0.5, 0.6) is 0 Å². The molecule has 0 saturated heterocycles. The van der Waals surface area contributed by atoms with Crippen molar-refractivity contribution in [2.45, 2.75) is 25.3 Å². The number of nitriles is 1. The van der Waals surface area contributed by atoms with Gasteiger partial charge in [0, 0.05) is 11.4 Å². The van der Waals surface area contributed by atoms with Crippen LogP contribution in [0.25, 0.3) is 0 Å². The highest BCUT2D eigenvalue weighted by atomic mass is 35.5. The van der Waals surface area contributed by atoms with Crippen LogP contribution in [0.15, 0.2) is 36.4 Å². The molecule has 2 aromatic carbocycles. The third kappa shape index (κ3) is 2.81. The number of anilines is 2. The van der Waals surface area contributed by atoms with Crippen molar-refractivity contribution in [1.82, 2.24) is 0 Å². The van der Waals surface area contributed by atoms with Gasteiger partial charge in [0.25, 0.3) is 0 Å². The summed E-state index contributed by atoms with van der Waals surface area (Å²) in [6, 6.07) is 13.9. The fourth-order valence-corrected chi connectivity index (χ4v) is 3.10. The minimum absolute atomic E-state index is 0.262. The fraction of sp³-hybridized carbons (Fsp3) is 0.235. The Morgan fingerprint density at radius 2 is 2.10 bits per heavy atom. The van der Waals surface area contributed by atoms with Gasteiger partial charge in [0.2, 0.25) is 0 Å². The maximum atomic E-state index is 8.92. The Morgan fingerprint density at radius 3 is 2.86 bits per heavy atom. The average Bonchev–Trinajstić information content (AvgIpc) is 2.47. The predicted octanol–water partition coefficient (Wildman–Crippen LogP) is 4.28. The minimum atomic E-state index is 0.262.